The number of para-hydroxylation sites is 1. The maximum atomic E-state index is 14.3. The maximum absolute atomic E-state index is 14.3. The summed E-state index contributed by atoms with van der Waals surface area (Å²) in [7, 11) is 1.46. The minimum atomic E-state index is -4.18. The maximum Gasteiger partial charge on any atom is 0.401 e. The first kappa shape index (κ1) is 29.1. The van der Waals surface area contributed by atoms with Crippen molar-refractivity contribution >= 4 is 28.4 Å². The zero-order valence-corrected chi connectivity index (χ0v) is 22.9. The fraction of sp³-hybridized carbons (Fsp3) is 0.345. The first-order valence-electron chi connectivity index (χ1n) is 13.6. The average molecular weight is 583 g/mol. The van der Waals surface area contributed by atoms with Crippen LogP contribution in [0.3, 0.4) is 0 Å². The molecule has 4 aromatic rings. The van der Waals surface area contributed by atoms with Gasteiger partial charge in [0.25, 0.3) is 5.91 Å². The van der Waals surface area contributed by atoms with E-state index in [0.29, 0.717) is 67.1 Å². The molecule has 1 aliphatic heterocycles. The van der Waals surface area contributed by atoms with Crippen LogP contribution in [0.25, 0.3) is 22.2 Å². The number of nitrogens with one attached hydrogen (secondary N) is 3. The monoisotopic (exact) mass is 582 g/mol. The molecule has 42 heavy (non-hydrogen) atoms. The fourth-order valence-electron chi connectivity index (χ4n) is 5.08. The van der Waals surface area contributed by atoms with E-state index in [1.807, 2.05) is 18.2 Å². The number of hydrogen-bond acceptors (Lipinski definition) is 8. The number of fused-ring (bicyclic) bond motifs is 1. The number of benzene rings is 1. The quantitative estimate of drug-likeness (QED) is 0.244. The standard InChI is InChI=1S/C29H30F4N8O/c1-34-28(42)26-21-4-2-3-18(27(21)37-15-22(26)30)7-10-35-25-13-23(38-17-39-25)19-5-6-24(36-14-19)40-20-8-11-41(12-9-20)16-29(31,32)33/h2-6,13-15,17,20H,7-12,16H2,1H3,(H,34,42)(H,36,40)(H,35,38,39). The smallest absolute Gasteiger partial charge is 0.370 e. The Labute approximate surface area is 239 Å². The van der Waals surface area contributed by atoms with Crippen LogP contribution in [0.1, 0.15) is 28.8 Å². The predicted molar refractivity (Wildman–Crippen MR) is 152 cm³/mol. The Morgan fingerprint density at radius 1 is 1.02 bits per heavy atom. The number of alkyl halides is 3. The summed E-state index contributed by atoms with van der Waals surface area (Å²) in [5.74, 6) is 0.0861. The van der Waals surface area contributed by atoms with Crippen LogP contribution in [0.15, 0.2) is 55.1 Å². The van der Waals surface area contributed by atoms with Crippen molar-refractivity contribution in [2.24, 2.45) is 0 Å². The second-order valence-electron chi connectivity index (χ2n) is 10.1. The molecule has 1 amide bonds. The van der Waals surface area contributed by atoms with Gasteiger partial charge in [-0.2, -0.15) is 13.2 Å². The van der Waals surface area contributed by atoms with Gasteiger partial charge in [0.2, 0.25) is 0 Å². The molecule has 1 fully saturated rings. The molecule has 0 unspecified atom stereocenters. The number of likely N-dealkylation sites (tertiary alicyclic amines) is 1. The first-order chi connectivity index (χ1) is 20.2. The third-order valence-electron chi connectivity index (χ3n) is 7.16. The molecule has 0 aliphatic carbocycles. The van der Waals surface area contributed by atoms with Gasteiger partial charge in [0.15, 0.2) is 5.82 Å². The van der Waals surface area contributed by atoms with Crippen LogP contribution in [-0.4, -0.2) is 76.2 Å². The van der Waals surface area contributed by atoms with Crippen molar-refractivity contribution in [2.45, 2.75) is 31.5 Å². The van der Waals surface area contributed by atoms with Gasteiger partial charge in [-0.25, -0.2) is 19.3 Å². The van der Waals surface area contributed by atoms with Gasteiger partial charge in [0, 0.05) is 55.9 Å². The van der Waals surface area contributed by atoms with Crippen LogP contribution >= 0.6 is 0 Å². The summed E-state index contributed by atoms with van der Waals surface area (Å²) in [6.07, 6.45) is 1.82. The van der Waals surface area contributed by atoms with E-state index in [1.54, 1.807) is 24.4 Å². The Hall–Kier alpha value is -4.39. The molecule has 3 aromatic heterocycles. The van der Waals surface area contributed by atoms with E-state index in [0.717, 1.165) is 17.3 Å². The van der Waals surface area contributed by atoms with Gasteiger partial charge in [-0.3, -0.25) is 14.7 Å². The van der Waals surface area contributed by atoms with E-state index in [2.05, 4.69) is 35.9 Å². The highest BCUT2D eigenvalue weighted by Crippen LogP contribution is 2.25. The second-order valence-corrected chi connectivity index (χ2v) is 10.1. The highest BCUT2D eigenvalue weighted by molar-refractivity contribution is 6.06. The Morgan fingerprint density at radius 2 is 1.83 bits per heavy atom. The minimum absolute atomic E-state index is 0.0288. The van der Waals surface area contributed by atoms with Gasteiger partial charge in [0.05, 0.1) is 29.5 Å². The zero-order chi connectivity index (χ0) is 29.7. The van der Waals surface area contributed by atoms with Gasteiger partial charge in [0.1, 0.15) is 18.0 Å². The molecule has 220 valence electrons. The molecular formula is C29H30F4N8O. The average Bonchev–Trinajstić information content (AvgIpc) is 2.97. The highest BCUT2D eigenvalue weighted by Gasteiger charge is 2.32. The third kappa shape index (κ3) is 7.08. The number of hydrogen-bond donors (Lipinski definition) is 3. The van der Waals surface area contributed by atoms with Crippen LogP contribution in [0.4, 0.5) is 29.2 Å². The summed E-state index contributed by atoms with van der Waals surface area (Å²) in [5.41, 5.74) is 2.85. The van der Waals surface area contributed by atoms with Crippen molar-refractivity contribution in [1.82, 2.24) is 30.2 Å². The summed E-state index contributed by atoms with van der Waals surface area (Å²) in [5, 5.41) is 9.51. The van der Waals surface area contributed by atoms with E-state index in [-0.39, 0.29) is 11.6 Å². The highest BCUT2D eigenvalue weighted by atomic mass is 19.4. The number of anilines is 2. The van der Waals surface area contributed by atoms with Crippen LogP contribution < -0.4 is 16.0 Å². The van der Waals surface area contributed by atoms with Crippen molar-refractivity contribution in [3.05, 3.63) is 72.1 Å². The van der Waals surface area contributed by atoms with Crippen molar-refractivity contribution < 1.29 is 22.4 Å². The summed E-state index contributed by atoms with van der Waals surface area (Å²) >= 11 is 0. The lowest BCUT2D eigenvalue weighted by molar-refractivity contribution is -0.147. The number of halogens is 4. The van der Waals surface area contributed by atoms with E-state index < -0.39 is 24.4 Å². The summed E-state index contributed by atoms with van der Waals surface area (Å²) < 4.78 is 52.2. The normalized spacial score (nSPS) is 14.6. The van der Waals surface area contributed by atoms with Crippen LogP contribution in [0, 0.1) is 5.82 Å². The number of carbonyl (C=O) groups is 1. The number of rotatable bonds is 9. The van der Waals surface area contributed by atoms with Gasteiger partial charge in [-0.1, -0.05) is 18.2 Å². The van der Waals surface area contributed by atoms with Gasteiger partial charge >= 0.3 is 6.18 Å². The molecule has 0 spiro atoms. The van der Waals surface area contributed by atoms with E-state index >= 15 is 0 Å². The molecule has 0 bridgehead atoms. The second kappa shape index (κ2) is 12.6. The van der Waals surface area contributed by atoms with Crippen molar-refractivity contribution in [3.8, 4) is 11.3 Å². The molecule has 4 heterocycles. The van der Waals surface area contributed by atoms with E-state index in [9.17, 15) is 22.4 Å². The number of piperidine rings is 1. The molecule has 0 atom stereocenters. The Balaban J connectivity index is 1.18. The fourth-order valence-corrected chi connectivity index (χ4v) is 5.08. The van der Waals surface area contributed by atoms with Crippen molar-refractivity contribution in [3.63, 3.8) is 0 Å². The predicted octanol–water partition coefficient (Wildman–Crippen LogP) is 4.68. The Bertz CT molecular complexity index is 1540. The molecule has 1 aromatic carbocycles. The molecule has 0 radical (unpaired) electrons. The SMILES string of the molecule is CNC(=O)c1c(F)cnc2c(CCNc3cc(-c4ccc(NC5CCN(CC(F)(F)F)CC5)nc4)ncn3)cccc12. The third-order valence-corrected chi connectivity index (χ3v) is 7.16. The molecule has 3 N–H and O–H groups in total. The molecule has 9 nitrogen and oxygen atoms in total. The molecule has 0 saturated carbocycles. The lowest BCUT2D eigenvalue weighted by Gasteiger charge is -2.32. The summed E-state index contributed by atoms with van der Waals surface area (Å²) in [4.78, 5) is 31.0. The summed E-state index contributed by atoms with van der Waals surface area (Å²) in [6, 6.07) is 10.9. The molecule has 1 aliphatic rings. The minimum Gasteiger partial charge on any atom is -0.370 e. The molecular weight excluding hydrogens is 552 g/mol. The Morgan fingerprint density at radius 3 is 2.55 bits per heavy atom. The number of amides is 1. The number of carbonyl (C=O) groups excluding carboxylic acids is 1. The van der Waals surface area contributed by atoms with Crippen LogP contribution in [0.5, 0.6) is 0 Å². The topological polar surface area (TPSA) is 108 Å². The van der Waals surface area contributed by atoms with Crippen molar-refractivity contribution in [2.75, 3.05) is 43.9 Å². The Kier molecular flexibility index (Phi) is 8.76. The molecule has 1 saturated heterocycles. The number of nitrogens with zero attached hydrogens (tertiary/aromatic N) is 5. The van der Waals surface area contributed by atoms with Crippen LogP contribution in [-0.2, 0) is 6.42 Å². The molecule has 5 rings (SSSR count). The van der Waals surface area contributed by atoms with E-state index in [4.69, 9.17) is 0 Å². The largest absolute Gasteiger partial charge is 0.401 e. The number of aromatic nitrogens is 4. The molecule has 13 heteroatoms. The van der Waals surface area contributed by atoms with Crippen LogP contribution in [0.2, 0.25) is 0 Å². The van der Waals surface area contributed by atoms with Gasteiger partial charge < -0.3 is 16.0 Å². The zero-order valence-electron chi connectivity index (χ0n) is 22.9. The number of pyridine rings is 2. The first-order valence-corrected chi connectivity index (χ1v) is 13.6. The van der Waals surface area contributed by atoms with Crippen molar-refractivity contribution in [1.29, 1.82) is 0 Å². The summed E-state index contributed by atoms with van der Waals surface area (Å²) in [6.45, 7) is 0.411. The van der Waals surface area contributed by atoms with Gasteiger partial charge in [-0.05, 0) is 37.0 Å². The lowest BCUT2D eigenvalue weighted by atomic mass is 10.0. The van der Waals surface area contributed by atoms with E-state index in [1.165, 1.54) is 18.3 Å². The van der Waals surface area contributed by atoms with Gasteiger partial charge in [-0.15, -0.1) is 0 Å². The lowest BCUT2D eigenvalue weighted by Crippen LogP contribution is -2.43.